The molecular formula is C16H19N3O2S. The van der Waals surface area contributed by atoms with E-state index in [-0.39, 0.29) is 11.5 Å². The van der Waals surface area contributed by atoms with E-state index in [1.807, 2.05) is 6.92 Å². The number of thiazole rings is 1. The predicted molar refractivity (Wildman–Crippen MR) is 86.7 cm³/mol. The second-order valence-electron chi connectivity index (χ2n) is 5.70. The number of aromatic amines is 1. The zero-order valence-corrected chi connectivity index (χ0v) is 13.5. The zero-order chi connectivity index (χ0) is 15.7. The number of hydrogen-bond donors (Lipinski definition) is 2. The van der Waals surface area contributed by atoms with Gasteiger partial charge in [-0.05, 0) is 39.2 Å². The molecule has 0 spiro atoms. The first-order valence-corrected chi connectivity index (χ1v) is 8.30. The van der Waals surface area contributed by atoms with Crippen molar-refractivity contribution in [1.29, 1.82) is 0 Å². The lowest BCUT2D eigenvalue weighted by atomic mass is 9.91. The summed E-state index contributed by atoms with van der Waals surface area (Å²) in [4.78, 5) is 32.1. The monoisotopic (exact) mass is 317 g/mol. The molecule has 0 aromatic carbocycles. The summed E-state index contributed by atoms with van der Waals surface area (Å²) in [5, 5.41) is 4.08. The number of pyridine rings is 1. The van der Waals surface area contributed by atoms with E-state index in [4.69, 9.17) is 0 Å². The van der Waals surface area contributed by atoms with E-state index in [2.05, 4.69) is 15.3 Å². The first-order chi connectivity index (χ1) is 10.5. The molecule has 1 atom stereocenters. The van der Waals surface area contributed by atoms with Gasteiger partial charge in [0, 0.05) is 29.1 Å². The first kappa shape index (κ1) is 15.0. The Balaban J connectivity index is 1.70. The Labute approximate surface area is 132 Å². The maximum Gasteiger partial charge on any atom is 0.253 e. The van der Waals surface area contributed by atoms with Crippen LogP contribution in [0.15, 0.2) is 16.9 Å². The van der Waals surface area contributed by atoms with Crippen LogP contribution in [-0.4, -0.2) is 22.4 Å². The van der Waals surface area contributed by atoms with Crippen LogP contribution in [0.4, 0.5) is 0 Å². The normalized spacial score (nSPS) is 17.1. The van der Waals surface area contributed by atoms with Crippen molar-refractivity contribution in [1.82, 2.24) is 15.3 Å². The summed E-state index contributed by atoms with van der Waals surface area (Å²) in [6.07, 6.45) is 3.30. The molecule has 22 heavy (non-hydrogen) atoms. The van der Waals surface area contributed by atoms with Crippen LogP contribution < -0.4 is 10.9 Å². The number of nitrogens with one attached hydrogen (secondary N) is 2. The number of aryl methyl sites for hydroxylation is 3. The van der Waals surface area contributed by atoms with Crippen LogP contribution in [-0.2, 0) is 6.42 Å². The third-order valence-corrected chi connectivity index (χ3v) is 5.09. The van der Waals surface area contributed by atoms with E-state index in [1.54, 1.807) is 24.3 Å². The summed E-state index contributed by atoms with van der Waals surface area (Å²) >= 11 is 1.77. The van der Waals surface area contributed by atoms with E-state index in [0.717, 1.165) is 30.0 Å². The van der Waals surface area contributed by atoms with Crippen LogP contribution in [0, 0.1) is 13.8 Å². The average Bonchev–Trinajstić information content (AvgIpc) is 2.85. The molecule has 0 fully saturated rings. The van der Waals surface area contributed by atoms with E-state index in [0.29, 0.717) is 23.7 Å². The molecular weight excluding hydrogens is 298 g/mol. The van der Waals surface area contributed by atoms with Gasteiger partial charge in [0.05, 0.1) is 16.3 Å². The molecule has 0 unspecified atom stereocenters. The summed E-state index contributed by atoms with van der Waals surface area (Å²) < 4.78 is 0. The SMILES string of the molecule is Cc1nc2c(s1)CCC[C@@H]2CNC(=O)c1ccc(=O)[nH]c1C. The largest absolute Gasteiger partial charge is 0.351 e. The van der Waals surface area contributed by atoms with Crippen LogP contribution in [0.25, 0.3) is 0 Å². The molecule has 0 bridgehead atoms. The van der Waals surface area contributed by atoms with Crippen LogP contribution in [0.1, 0.15) is 50.4 Å². The molecule has 3 rings (SSSR count). The van der Waals surface area contributed by atoms with Gasteiger partial charge in [0.2, 0.25) is 5.56 Å². The average molecular weight is 317 g/mol. The highest BCUT2D eigenvalue weighted by molar-refractivity contribution is 7.11. The van der Waals surface area contributed by atoms with Crippen LogP contribution >= 0.6 is 11.3 Å². The van der Waals surface area contributed by atoms with Crippen molar-refractivity contribution < 1.29 is 4.79 Å². The van der Waals surface area contributed by atoms with Crippen molar-refractivity contribution in [2.45, 2.75) is 39.0 Å². The van der Waals surface area contributed by atoms with Crippen molar-refractivity contribution in [3.05, 3.63) is 49.3 Å². The molecule has 1 aliphatic rings. The smallest absolute Gasteiger partial charge is 0.253 e. The molecule has 0 aliphatic heterocycles. The van der Waals surface area contributed by atoms with Crippen molar-refractivity contribution in [3.8, 4) is 0 Å². The number of rotatable bonds is 3. The molecule has 116 valence electrons. The lowest BCUT2D eigenvalue weighted by Gasteiger charge is -2.21. The second kappa shape index (κ2) is 6.04. The summed E-state index contributed by atoms with van der Waals surface area (Å²) in [5.41, 5.74) is 2.08. The minimum atomic E-state index is -0.191. The third kappa shape index (κ3) is 2.97. The highest BCUT2D eigenvalue weighted by Crippen LogP contribution is 2.34. The molecule has 5 nitrogen and oxygen atoms in total. The predicted octanol–water partition coefficient (Wildman–Crippen LogP) is 2.30. The fraction of sp³-hybridized carbons (Fsp3) is 0.438. The first-order valence-electron chi connectivity index (χ1n) is 7.49. The van der Waals surface area contributed by atoms with Crippen LogP contribution in [0.3, 0.4) is 0 Å². The summed E-state index contributed by atoms with van der Waals surface area (Å²) in [7, 11) is 0. The lowest BCUT2D eigenvalue weighted by Crippen LogP contribution is -2.31. The molecule has 1 aliphatic carbocycles. The number of carbonyl (C=O) groups excluding carboxylic acids is 1. The van der Waals surface area contributed by atoms with Crippen molar-refractivity contribution in [2.75, 3.05) is 6.54 Å². The Morgan fingerprint density at radius 2 is 2.27 bits per heavy atom. The highest BCUT2D eigenvalue weighted by atomic mass is 32.1. The number of carbonyl (C=O) groups is 1. The maximum absolute atomic E-state index is 12.3. The van der Waals surface area contributed by atoms with Gasteiger partial charge >= 0.3 is 0 Å². The van der Waals surface area contributed by atoms with Gasteiger partial charge in [-0.3, -0.25) is 9.59 Å². The van der Waals surface area contributed by atoms with Gasteiger partial charge in [-0.25, -0.2) is 4.98 Å². The second-order valence-corrected chi connectivity index (χ2v) is 6.99. The van der Waals surface area contributed by atoms with E-state index < -0.39 is 0 Å². The summed E-state index contributed by atoms with van der Waals surface area (Å²) in [6, 6.07) is 2.95. The molecule has 1 amide bonds. The number of fused-ring (bicyclic) bond motifs is 1. The van der Waals surface area contributed by atoms with Gasteiger partial charge in [-0.15, -0.1) is 11.3 Å². The molecule has 2 heterocycles. The quantitative estimate of drug-likeness (QED) is 0.912. The van der Waals surface area contributed by atoms with Gasteiger partial charge in [0.25, 0.3) is 5.91 Å². The van der Waals surface area contributed by atoms with E-state index >= 15 is 0 Å². The fourth-order valence-electron chi connectivity index (χ4n) is 2.96. The molecule has 0 saturated carbocycles. The topological polar surface area (TPSA) is 74.8 Å². The minimum Gasteiger partial charge on any atom is -0.351 e. The van der Waals surface area contributed by atoms with Gasteiger partial charge in [0.1, 0.15) is 0 Å². The van der Waals surface area contributed by atoms with Crippen LogP contribution in [0.5, 0.6) is 0 Å². The molecule has 6 heteroatoms. The maximum atomic E-state index is 12.3. The van der Waals surface area contributed by atoms with Crippen molar-refractivity contribution in [3.63, 3.8) is 0 Å². The summed E-state index contributed by atoms with van der Waals surface area (Å²) in [5.74, 6) is 0.147. The highest BCUT2D eigenvalue weighted by Gasteiger charge is 2.24. The number of aromatic nitrogens is 2. The van der Waals surface area contributed by atoms with E-state index in [9.17, 15) is 9.59 Å². The van der Waals surface area contributed by atoms with Crippen LogP contribution in [0.2, 0.25) is 0 Å². The Morgan fingerprint density at radius 1 is 1.45 bits per heavy atom. The molecule has 2 aromatic rings. The zero-order valence-electron chi connectivity index (χ0n) is 12.7. The Bertz CT molecular complexity index is 763. The van der Waals surface area contributed by atoms with Gasteiger partial charge < -0.3 is 10.3 Å². The standard InChI is InChI=1S/C16H19N3O2S/c1-9-12(6-7-14(20)18-9)16(21)17-8-11-4-3-5-13-15(11)19-10(2)22-13/h6-7,11H,3-5,8H2,1-2H3,(H,17,21)(H,18,20)/t11-/m1/s1. The molecule has 0 radical (unpaired) electrons. The molecule has 2 N–H and O–H groups in total. The number of amides is 1. The van der Waals surface area contributed by atoms with E-state index in [1.165, 1.54) is 10.9 Å². The number of hydrogen-bond acceptors (Lipinski definition) is 4. The third-order valence-electron chi connectivity index (χ3n) is 4.05. The minimum absolute atomic E-state index is 0.146. The van der Waals surface area contributed by atoms with Crippen molar-refractivity contribution >= 4 is 17.2 Å². The van der Waals surface area contributed by atoms with Gasteiger partial charge in [-0.1, -0.05) is 0 Å². The Hall–Kier alpha value is -1.95. The lowest BCUT2D eigenvalue weighted by molar-refractivity contribution is 0.0949. The molecule has 0 saturated heterocycles. The molecule has 2 aromatic heterocycles. The van der Waals surface area contributed by atoms with Gasteiger partial charge in [0.15, 0.2) is 0 Å². The number of H-pyrrole nitrogens is 1. The number of nitrogens with zero attached hydrogens (tertiary/aromatic N) is 1. The van der Waals surface area contributed by atoms with Gasteiger partial charge in [-0.2, -0.15) is 0 Å². The summed E-state index contributed by atoms with van der Waals surface area (Å²) in [6.45, 7) is 4.36. The van der Waals surface area contributed by atoms with Crippen molar-refractivity contribution in [2.24, 2.45) is 0 Å². The Kier molecular flexibility index (Phi) is 4.11. The fourth-order valence-corrected chi connectivity index (χ4v) is 4.03. The Morgan fingerprint density at radius 3 is 3.05 bits per heavy atom.